The van der Waals surface area contributed by atoms with Gasteiger partial charge in [0, 0.05) is 23.8 Å². The molecule has 0 bridgehead atoms. The Morgan fingerprint density at radius 1 is 1.08 bits per heavy atom. The Bertz CT molecular complexity index is 1470. The first kappa shape index (κ1) is 27.2. The molecular weight excluding hydrogens is 536 g/mol. The number of rotatable bonds is 8. The third-order valence-electron chi connectivity index (χ3n) is 7.12. The van der Waals surface area contributed by atoms with Crippen LogP contribution in [0.5, 0.6) is 0 Å². The van der Waals surface area contributed by atoms with Crippen molar-refractivity contribution < 1.29 is 22.8 Å². The maximum absolute atomic E-state index is 13.8. The summed E-state index contributed by atoms with van der Waals surface area (Å²) in [5, 5.41) is 2.90. The minimum Gasteiger partial charge on any atom is -0.340 e. The van der Waals surface area contributed by atoms with Crippen LogP contribution in [0.1, 0.15) is 36.4 Å². The van der Waals surface area contributed by atoms with Gasteiger partial charge in [-0.2, -0.15) is 4.31 Å². The molecule has 1 aromatic carbocycles. The summed E-state index contributed by atoms with van der Waals surface area (Å²) in [6.45, 7) is 3.87. The van der Waals surface area contributed by atoms with Gasteiger partial charge in [-0.3, -0.25) is 19.4 Å². The number of ketones is 1. The van der Waals surface area contributed by atoms with Gasteiger partial charge >= 0.3 is 0 Å². The van der Waals surface area contributed by atoms with E-state index in [2.05, 4.69) is 10.3 Å². The van der Waals surface area contributed by atoms with Crippen LogP contribution in [0.2, 0.25) is 0 Å². The number of hydrogen-bond acceptors (Lipinski definition) is 7. The summed E-state index contributed by atoms with van der Waals surface area (Å²) in [6, 6.07) is 13.8. The van der Waals surface area contributed by atoms with E-state index in [9.17, 15) is 22.8 Å². The first-order valence-corrected chi connectivity index (χ1v) is 15.1. The summed E-state index contributed by atoms with van der Waals surface area (Å²) in [5.41, 5.74) is 1.01. The second-order valence-electron chi connectivity index (χ2n) is 10.2. The SMILES string of the molecule is CC(C)CC(NC(=O)c1ccc(-c2ccccc2)s1)C(=O)N1CCC2C1C(=O)CN2S(=O)(=O)c1ccncc1. The van der Waals surface area contributed by atoms with Crippen LogP contribution in [0.15, 0.2) is 71.9 Å². The van der Waals surface area contributed by atoms with Gasteiger partial charge in [-0.1, -0.05) is 44.2 Å². The highest BCUT2D eigenvalue weighted by Gasteiger charge is 2.54. The van der Waals surface area contributed by atoms with Gasteiger partial charge in [-0.05, 0) is 48.6 Å². The Hall–Kier alpha value is -3.41. The van der Waals surface area contributed by atoms with Crippen LogP contribution in [-0.4, -0.2) is 71.4 Å². The van der Waals surface area contributed by atoms with Crippen molar-refractivity contribution in [2.45, 2.75) is 49.7 Å². The number of benzene rings is 1. The zero-order valence-corrected chi connectivity index (χ0v) is 23.3. The molecule has 11 heteroatoms. The van der Waals surface area contributed by atoms with E-state index < -0.39 is 28.1 Å². The molecule has 3 aromatic rings. The number of likely N-dealkylation sites (tertiary alicyclic amines) is 1. The minimum absolute atomic E-state index is 0.0616. The van der Waals surface area contributed by atoms with E-state index in [4.69, 9.17) is 0 Å². The van der Waals surface area contributed by atoms with E-state index in [0.717, 1.165) is 10.4 Å². The van der Waals surface area contributed by atoms with Crippen LogP contribution in [0.4, 0.5) is 0 Å². The van der Waals surface area contributed by atoms with Crippen molar-refractivity contribution in [1.29, 1.82) is 0 Å². The van der Waals surface area contributed by atoms with Crippen molar-refractivity contribution >= 4 is 39.0 Å². The van der Waals surface area contributed by atoms with Gasteiger partial charge in [0.15, 0.2) is 5.78 Å². The van der Waals surface area contributed by atoms with Crippen molar-refractivity contribution in [2.75, 3.05) is 13.1 Å². The predicted molar refractivity (Wildman–Crippen MR) is 148 cm³/mol. The molecule has 3 atom stereocenters. The molecule has 3 unspecified atom stereocenters. The summed E-state index contributed by atoms with van der Waals surface area (Å²) in [5.74, 6) is -0.926. The van der Waals surface area contributed by atoms with Crippen LogP contribution >= 0.6 is 11.3 Å². The van der Waals surface area contributed by atoms with Crippen molar-refractivity contribution in [3.05, 3.63) is 71.9 Å². The monoisotopic (exact) mass is 566 g/mol. The lowest BCUT2D eigenvalue weighted by Crippen LogP contribution is -2.52. The number of nitrogens with one attached hydrogen (secondary N) is 1. The molecule has 0 saturated carbocycles. The number of sulfonamides is 1. The normalized spacial score (nSPS) is 20.3. The summed E-state index contributed by atoms with van der Waals surface area (Å²) in [7, 11) is -3.92. The van der Waals surface area contributed by atoms with E-state index in [1.54, 1.807) is 6.07 Å². The topological polar surface area (TPSA) is 117 Å². The molecule has 204 valence electrons. The van der Waals surface area contributed by atoms with Gasteiger partial charge in [0.2, 0.25) is 15.9 Å². The summed E-state index contributed by atoms with van der Waals surface area (Å²) >= 11 is 1.35. The van der Waals surface area contributed by atoms with Crippen LogP contribution in [0, 0.1) is 5.92 Å². The molecule has 4 heterocycles. The molecule has 2 saturated heterocycles. The molecule has 2 aliphatic heterocycles. The summed E-state index contributed by atoms with van der Waals surface area (Å²) in [4.78, 5) is 46.9. The predicted octanol–water partition coefficient (Wildman–Crippen LogP) is 3.20. The Balaban J connectivity index is 1.33. The molecule has 2 aliphatic rings. The molecule has 9 nitrogen and oxygen atoms in total. The number of thiophene rings is 1. The fourth-order valence-corrected chi connectivity index (χ4v) is 7.85. The Labute approximate surface area is 231 Å². The number of hydrogen-bond donors (Lipinski definition) is 1. The van der Waals surface area contributed by atoms with E-state index in [1.807, 2.05) is 50.2 Å². The molecule has 2 fully saturated rings. The lowest BCUT2D eigenvalue weighted by molar-refractivity contribution is -0.138. The zero-order valence-electron chi connectivity index (χ0n) is 21.7. The maximum Gasteiger partial charge on any atom is 0.262 e. The number of nitrogens with zero attached hydrogens (tertiary/aromatic N) is 3. The van der Waals surface area contributed by atoms with E-state index in [-0.39, 0.29) is 41.5 Å². The average molecular weight is 567 g/mol. The van der Waals surface area contributed by atoms with E-state index >= 15 is 0 Å². The van der Waals surface area contributed by atoms with E-state index in [1.165, 1.54) is 45.1 Å². The van der Waals surface area contributed by atoms with E-state index in [0.29, 0.717) is 17.7 Å². The molecule has 2 amide bonds. The quantitative estimate of drug-likeness (QED) is 0.448. The summed E-state index contributed by atoms with van der Waals surface area (Å²) in [6.07, 6.45) is 3.52. The van der Waals surface area contributed by atoms with Crippen LogP contribution in [0.25, 0.3) is 10.4 Å². The van der Waals surface area contributed by atoms with Crippen molar-refractivity contribution in [3.8, 4) is 10.4 Å². The second kappa shape index (κ2) is 11.0. The summed E-state index contributed by atoms with van der Waals surface area (Å²) < 4.78 is 27.7. The molecular formula is C28H30N4O5S2. The van der Waals surface area contributed by atoms with Gasteiger partial charge in [0.25, 0.3) is 5.91 Å². The molecule has 1 N–H and O–H groups in total. The van der Waals surface area contributed by atoms with Gasteiger partial charge < -0.3 is 10.2 Å². The third-order valence-corrected chi connectivity index (χ3v) is 10.1. The Morgan fingerprint density at radius 3 is 2.49 bits per heavy atom. The third kappa shape index (κ3) is 5.39. The highest BCUT2D eigenvalue weighted by molar-refractivity contribution is 7.89. The smallest absolute Gasteiger partial charge is 0.262 e. The zero-order chi connectivity index (χ0) is 27.7. The second-order valence-corrected chi connectivity index (χ2v) is 13.2. The average Bonchev–Trinajstić information content (AvgIpc) is 3.66. The van der Waals surface area contributed by atoms with Gasteiger partial charge in [0.1, 0.15) is 12.1 Å². The Morgan fingerprint density at radius 2 is 1.79 bits per heavy atom. The molecule has 5 rings (SSSR count). The standard InChI is InChI=1S/C28H30N4O5S2/c1-18(2)16-21(30-27(34)25-9-8-24(38-25)19-6-4-3-5-7-19)28(35)31-15-12-22-26(31)23(33)17-32(22)39(36,37)20-10-13-29-14-11-20/h3-11,13-14,18,21-22,26H,12,15-17H2,1-2H3,(H,30,34). The molecule has 2 aromatic heterocycles. The Kier molecular flexibility index (Phi) is 7.66. The van der Waals surface area contributed by atoms with Crippen molar-refractivity contribution in [1.82, 2.24) is 19.5 Å². The molecule has 0 spiro atoms. The highest BCUT2D eigenvalue weighted by Crippen LogP contribution is 2.34. The van der Waals surface area contributed by atoms with Gasteiger partial charge in [0.05, 0.1) is 22.4 Å². The lowest BCUT2D eigenvalue weighted by Gasteiger charge is -2.29. The van der Waals surface area contributed by atoms with Crippen LogP contribution in [0.3, 0.4) is 0 Å². The van der Waals surface area contributed by atoms with Crippen LogP contribution in [-0.2, 0) is 19.6 Å². The number of fused-ring (bicyclic) bond motifs is 1. The molecule has 39 heavy (non-hydrogen) atoms. The van der Waals surface area contributed by atoms with Gasteiger partial charge in [-0.25, -0.2) is 8.42 Å². The first-order valence-electron chi connectivity index (χ1n) is 12.9. The van der Waals surface area contributed by atoms with Crippen molar-refractivity contribution in [3.63, 3.8) is 0 Å². The number of carbonyl (C=O) groups excluding carboxylic acids is 3. The largest absolute Gasteiger partial charge is 0.340 e. The number of aromatic nitrogens is 1. The maximum atomic E-state index is 13.8. The molecule has 0 radical (unpaired) electrons. The molecule has 0 aliphatic carbocycles. The van der Waals surface area contributed by atoms with Gasteiger partial charge in [-0.15, -0.1) is 11.3 Å². The fraction of sp³-hybridized carbons (Fsp3) is 0.357. The number of amides is 2. The van der Waals surface area contributed by atoms with Crippen molar-refractivity contribution in [2.24, 2.45) is 5.92 Å². The number of pyridine rings is 1. The highest BCUT2D eigenvalue weighted by atomic mass is 32.2. The lowest BCUT2D eigenvalue weighted by atomic mass is 10.0. The van der Waals surface area contributed by atoms with Crippen LogP contribution < -0.4 is 5.32 Å². The fourth-order valence-electron chi connectivity index (χ4n) is 5.33. The first-order chi connectivity index (χ1) is 18.7. The number of Topliss-reactive ketones (excluding diaryl/α,β-unsaturated/α-hetero) is 1. The number of carbonyl (C=O) groups is 3. The minimum atomic E-state index is -3.92.